The number of methoxy groups -OCH3 is 1. The third-order valence-electron chi connectivity index (χ3n) is 5.43. The molecule has 3 rings (SSSR count). The number of hydrogen-bond donors (Lipinski definition) is 1. The van der Waals surface area contributed by atoms with Crippen molar-refractivity contribution in [1.29, 1.82) is 0 Å². The summed E-state index contributed by atoms with van der Waals surface area (Å²) in [5.41, 5.74) is 0. The lowest BCUT2D eigenvalue weighted by Gasteiger charge is -2.36. The molecule has 1 N–H and O–H groups in total. The van der Waals surface area contributed by atoms with Gasteiger partial charge < -0.3 is 19.7 Å². The molecule has 0 saturated carbocycles. The number of rotatable bonds is 7. The number of anilines is 2. The first-order valence-electron chi connectivity index (χ1n) is 10.3. The normalized spacial score (nSPS) is 20.4. The second-order valence-corrected chi connectivity index (χ2v) is 7.69. The number of nitrogens with one attached hydrogen (secondary N) is 1. The van der Waals surface area contributed by atoms with Crippen molar-refractivity contribution in [3.63, 3.8) is 0 Å². The van der Waals surface area contributed by atoms with Crippen molar-refractivity contribution in [3.8, 4) is 6.01 Å². The molecule has 8 heteroatoms. The minimum Gasteiger partial charge on any atom is -0.467 e. The predicted octanol–water partition coefficient (Wildman–Crippen LogP) is 2.03. The molecular formula is C19H34N6O2. The van der Waals surface area contributed by atoms with Gasteiger partial charge in [0.15, 0.2) is 0 Å². The molecule has 0 spiro atoms. The monoisotopic (exact) mass is 378 g/mol. The van der Waals surface area contributed by atoms with E-state index in [1.807, 2.05) is 0 Å². The molecule has 0 radical (unpaired) electrons. The molecule has 1 unspecified atom stereocenters. The van der Waals surface area contributed by atoms with E-state index in [0.717, 1.165) is 51.9 Å². The van der Waals surface area contributed by atoms with Gasteiger partial charge >= 0.3 is 6.01 Å². The van der Waals surface area contributed by atoms with Gasteiger partial charge in [0.25, 0.3) is 0 Å². The van der Waals surface area contributed by atoms with Gasteiger partial charge in [0.05, 0.1) is 20.3 Å². The van der Waals surface area contributed by atoms with E-state index in [2.05, 4.69) is 38.9 Å². The van der Waals surface area contributed by atoms with Crippen LogP contribution < -0.4 is 15.0 Å². The van der Waals surface area contributed by atoms with Crippen LogP contribution in [0.4, 0.5) is 11.9 Å². The van der Waals surface area contributed by atoms with Gasteiger partial charge in [-0.25, -0.2) is 0 Å². The molecule has 1 aromatic heterocycles. The Bertz CT molecular complexity index is 571. The molecule has 0 aromatic carbocycles. The Hall–Kier alpha value is -1.67. The summed E-state index contributed by atoms with van der Waals surface area (Å²) in [6, 6.07) is 0.789. The van der Waals surface area contributed by atoms with Gasteiger partial charge in [-0.2, -0.15) is 15.0 Å². The van der Waals surface area contributed by atoms with Crippen LogP contribution in [0.2, 0.25) is 0 Å². The second kappa shape index (κ2) is 10.0. The van der Waals surface area contributed by atoms with E-state index in [1.54, 1.807) is 7.11 Å². The van der Waals surface area contributed by atoms with E-state index in [9.17, 15) is 0 Å². The zero-order valence-electron chi connectivity index (χ0n) is 17.0. The lowest BCUT2D eigenvalue weighted by Crippen LogP contribution is -2.49. The Labute approximate surface area is 162 Å². The maximum absolute atomic E-state index is 5.50. The number of ether oxygens (including phenoxy) is 2. The van der Waals surface area contributed by atoms with Gasteiger partial charge in [0, 0.05) is 38.8 Å². The molecule has 2 fully saturated rings. The summed E-state index contributed by atoms with van der Waals surface area (Å²) < 4.78 is 10.8. The van der Waals surface area contributed by atoms with Crippen molar-refractivity contribution in [3.05, 3.63) is 0 Å². The van der Waals surface area contributed by atoms with Crippen LogP contribution in [-0.2, 0) is 4.74 Å². The zero-order valence-corrected chi connectivity index (χ0v) is 17.0. The smallest absolute Gasteiger partial charge is 0.322 e. The Morgan fingerprint density at radius 1 is 1.00 bits per heavy atom. The molecule has 2 aliphatic heterocycles. The van der Waals surface area contributed by atoms with E-state index in [-0.39, 0.29) is 0 Å². The largest absolute Gasteiger partial charge is 0.467 e. The SMILES string of the molecule is COc1nc(NCC(C(C)C)N2CCOCC2)nc(N2CCCCCC2)n1. The van der Waals surface area contributed by atoms with Crippen LogP contribution in [0, 0.1) is 5.92 Å². The van der Waals surface area contributed by atoms with Gasteiger partial charge in [0.2, 0.25) is 11.9 Å². The van der Waals surface area contributed by atoms with Crippen LogP contribution in [0.15, 0.2) is 0 Å². The van der Waals surface area contributed by atoms with Gasteiger partial charge in [-0.05, 0) is 18.8 Å². The minimum absolute atomic E-state index is 0.374. The van der Waals surface area contributed by atoms with Crippen molar-refractivity contribution in [2.24, 2.45) is 5.92 Å². The molecule has 0 aliphatic carbocycles. The Morgan fingerprint density at radius 2 is 1.70 bits per heavy atom. The fraction of sp³-hybridized carbons (Fsp3) is 0.842. The highest BCUT2D eigenvalue weighted by Crippen LogP contribution is 2.20. The maximum atomic E-state index is 5.50. The Kier molecular flexibility index (Phi) is 7.46. The summed E-state index contributed by atoms with van der Waals surface area (Å²) in [6.45, 7) is 10.9. The average molecular weight is 379 g/mol. The first-order valence-corrected chi connectivity index (χ1v) is 10.3. The van der Waals surface area contributed by atoms with Crippen molar-refractivity contribution >= 4 is 11.9 Å². The molecule has 1 atom stereocenters. The van der Waals surface area contributed by atoms with Crippen LogP contribution in [0.1, 0.15) is 39.5 Å². The maximum Gasteiger partial charge on any atom is 0.322 e. The lowest BCUT2D eigenvalue weighted by molar-refractivity contribution is 0.00951. The first kappa shape index (κ1) is 20.1. The minimum atomic E-state index is 0.374. The summed E-state index contributed by atoms with van der Waals surface area (Å²) in [7, 11) is 1.61. The highest BCUT2D eigenvalue weighted by molar-refractivity contribution is 5.38. The topological polar surface area (TPSA) is 75.6 Å². The van der Waals surface area contributed by atoms with Gasteiger partial charge in [-0.15, -0.1) is 0 Å². The van der Waals surface area contributed by atoms with Gasteiger partial charge in [-0.1, -0.05) is 26.7 Å². The van der Waals surface area contributed by atoms with Crippen molar-refractivity contribution in [2.45, 2.75) is 45.6 Å². The van der Waals surface area contributed by atoms with Crippen molar-refractivity contribution in [1.82, 2.24) is 19.9 Å². The highest BCUT2D eigenvalue weighted by atomic mass is 16.5. The molecule has 27 heavy (non-hydrogen) atoms. The molecule has 2 saturated heterocycles. The molecule has 1 aromatic rings. The fourth-order valence-electron chi connectivity index (χ4n) is 3.82. The quantitative estimate of drug-likeness (QED) is 0.772. The highest BCUT2D eigenvalue weighted by Gasteiger charge is 2.24. The summed E-state index contributed by atoms with van der Waals surface area (Å²) >= 11 is 0. The van der Waals surface area contributed by atoms with E-state index < -0.39 is 0 Å². The summed E-state index contributed by atoms with van der Waals surface area (Å²) in [6.07, 6.45) is 4.92. The molecule has 8 nitrogen and oxygen atoms in total. The van der Waals surface area contributed by atoms with E-state index in [0.29, 0.717) is 23.9 Å². The number of nitrogens with zero attached hydrogens (tertiary/aromatic N) is 5. The average Bonchev–Trinajstić information content (AvgIpc) is 2.98. The molecule has 3 heterocycles. The molecular weight excluding hydrogens is 344 g/mol. The van der Waals surface area contributed by atoms with Gasteiger partial charge in [-0.3, -0.25) is 4.90 Å². The van der Waals surface area contributed by atoms with E-state index in [4.69, 9.17) is 14.5 Å². The van der Waals surface area contributed by atoms with Crippen LogP contribution in [-0.4, -0.2) is 78.9 Å². The first-order chi connectivity index (χ1) is 13.2. The predicted molar refractivity (Wildman–Crippen MR) is 107 cm³/mol. The summed E-state index contributed by atoms with van der Waals surface area (Å²) in [5.74, 6) is 1.85. The second-order valence-electron chi connectivity index (χ2n) is 7.69. The molecule has 152 valence electrons. The van der Waals surface area contributed by atoms with Crippen LogP contribution in [0.25, 0.3) is 0 Å². The lowest BCUT2D eigenvalue weighted by atomic mass is 10.0. The fourth-order valence-corrected chi connectivity index (χ4v) is 3.82. The van der Waals surface area contributed by atoms with E-state index in [1.165, 1.54) is 25.7 Å². The Balaban J connectivity index is 1.69. The number of morpholine rings is 1. The number of hydrogen-bond acceptors (Lipinski definition) is 8. The van der Waals surface area contributed by atoms with Crippen LogP contribution >= 0.6 is 0 Å². The van der Waals surface area contributed by atoms with E-state index >= 15 is 0 Å². The Morgan fingerprint density at radius 3 is 2.33 bits per heavy atom. The standard InChI is InChI=1S/C19H34N6O2/c1-15(2)16(24-10-12-27-13-11-24)14-20-17-21-18(23-19(22-17)26-3)25-8-6-4-5-7-9-25/h15-16H,4-14H2,1-3H3,(H,20,21,22,23). The third kappa shape index (κ3) is 5.65. The van der Waals surface area contributed by atoms with Crippen LogP contribution in [0.5, 0.6) is 6.01 Å². The molecule has 2 aliphatic rings. The van der Waals surface area contributed by atoms with Crippen molar-refractivity contribution in [2.75, 3.05) is 63.3 Å². The number of aromatic nitrogens is 3. The molecule has 0 amide bonds. The van der Waals surface area contributed by atoms with Crippen LogP contribution in [0.3, 0.4) is 0 Å². The zero-order chi connectivity index (χ0) is 19.1. The summed E-state index contributed by atoms with van der Waals surface area (Å²) in [4.78, 5) is 18.3. The third-order valence-corrected chi connectivity index (χ3v) is 5.43. The molecule has 0 bridgehead atoms. The summed E-state index contributed by atoms with van der Waals surface area (Å²) in [5, 5.41) is 3.44. The van der Waals surface area contributed by atoms with Gasteiger partial charge in [0.1, 0.15) is 0 Å². The van der Waals surface area contributed by atoms with Crippen molar-refractivity contribution < 1.29 is 9.47 Å².